The monoisotopic (exact) mass is 530 g/mol. The lowest BCUT2D eigenvalue weighted by atomic mass is 9.88. The molecule has 1 aliphatic heterocycles. The molecule has 206 valence electrons. The van der Waals surface area contributed by atoms with Gasteiger partial charge in [0.15, 0.2) is 0 Å². The summed E-state index contributed by atoms with van der Waals surface area (Å²) in [6, 6.07) is 14.7. The largest absolute Gasteiger partial charge is 0.497 e. The number of methoxy groups -OCH3 is 1. The molecule has 1 atom stereocenters. The quantitative estimate of drug-likeness (QED) is 0.286. The van der Waals surface area contributed by atoms with Crippen molar-refractivity contribution in [2.45, 2.75) is 78.3 Å². The predicted octanol–water partition coefficient (Wildman–Crippen LogP) is 7.14. The summed E-state index contributed by atoms with van der Waals surface area (Å²) >= 11 is 0. The van der Waals surface area contributed by atoms with Gasteiger partial charge in [-0.15, -0.1) is 0 Å². The third-order valence-electron chi connectivity index (χ3n) is 7.64. The van der Waals surface area contributed by atoms with Crippen LogP contribution in [0.3, 0.4) is 0 Å². The highest BCUT2D eigenvalue weighted by molar-refractivity contribution is 7.64. The van der Waals surface area contributed by atoms with Crippen molar-refractivity contribution in [3.8, 4) is 11.5 Å². The third kappa shape index (κ3) is 9.46. The van der Waals surface area contributed by atoms with E-state index in [1.807, 2.05) is 19.1 Å². The van der Waals surface area contributed by atoms with Crippen molar-refractivity contribution in [3.63, 3.8) is 0 Å². The molecule has 6 heteroatoms. The van der Waals surface area contributed by atoms with Crippen molar-refractivity contribution in [2.24, 2.45) is 11.3 Å². The molecule has 0 spiro atoms. The summed E-state index contributed by atoms with van der Waals surface area (Å²) in [6.45, 7) is 13.3. The van der Waals surface area contributed by atoms with E-state index in [0.29, 0.717) is 17.8 Å². The van der Waals surface area contributed by atoms with Crippen LogP contribution in [-0.4, -0.2) is 48.9 Å². The normalized spacial score (nSPS) is 16.1. The van der Waals surface area contributed by atoms with Gasteiger partial charge in [0.1, 0.15) is 23.8 Å². The van der Waals surface area contributed by atoms with Gasteiger partial charge in [0.25, 0.3) is 7.72 Å². The van der Waals surface area contributed by atoms with Crippen molar-refractivity contribution >= 4 is 13.4 Å². The second kappa shape index (κ2) is 13.3. The van der Waals surface area contributed by atoms with Crippen LogP contribution in [0, 0.1) is 11.3 Å². The summed E-state index contributed by atoms with van der Waals surface area (Å²) in [5.41, 5.74) is 4.12. The lowest BCUT2D eigenvalue weighted by Crippen LogP contribution is -2.36. The Morgan fingerprint density at radius 3 is 2.41 bits per heavy atom. The predicted molar refractivity (Wildman–Crippen MR) is 157 cm³/mol. The van der Waals surface area contributed by atoms with E-state index in [-0.39, 0.29) is 5.66 Å². The van der Waals surface area contributed by atoms with E-state index in [1.165, 1.54) is 24.1 Å². The number of hydrogen-bond donors (Lipinski definition) is 2. The van der Waals surface area contributed by atoms with Crippen molar-refractivity contribution in [1.82, 2.24) is 0 Å². The van der Waals surface area contributed by atoms with Crippen LogP contribution in [0.5, 0.6) is 11.5 Å². The lowest BCUT2D eigenvalue weighted by molar-refractivity contribution is 0.222. The van der Waals surface area contributed by atoms with Gasteiger partial charge in [-0.3, -0.25) is 0 Å². The molecule has 37 heavy (non-hydrogen) atoms. The molecule has 0 unspecified atom stereocenters. The number of rotatable bonds is 12. The molecule has 0 radical (unpaired) electrons. The maximum Gasteiger partial charge on any atom is 0.268 e. The minimum atomic E-state index is -2.85. The number of anilines is 1. The SMILES string of the molecule is CC[C@@H](Cc1cccc(OCC2CCN(c3cc(OC)ccc3CCCC(C)(C)C)CC2)c1)[P+](C)(O)O. The third-order valence-corrected chi connectivity index (χ3v) is 9.57. The fraction of sp³-hybridized carbons (Fsp3) is 0.613. The Hall–Kier alpha value is -1.81. The van der Waals surface area contributed by atoms with E-state index in [4.69, 9.17) is 9.47 Å². The molecule has 2 aromatic rings. The minimum absolute atomic E-state index is 0.0953. The van der Waals surface area contributed by atoms with Gasteiger partial charge in [-0.05, 0) is 79.2 Å². The maximum absolute atomic E-state index is 10.1. The van der Waals surface area contributed by atoms with Crippen LogP contribution in [-0.2, 0) is 12.8 Å². The molecule has 1 fully saturated rings. The van der Waals surface area contributed by atoms with Crippen LogP contribution in [0.15, 0.2) is 42.5 Å². The Balaban J connectivity index is 1.55. The maximum atomic E-state index is 10.1. The Labute approximate surface area is 225 Å². The zero-order valence-electron chi connectivity index (χ0n) is 23.9. The molecule has 2 aromatic carbocycles. The number of nitrogens with zero attached hydrogens (tertiary/aromatic N) is 1. The summed E-state index contributed by atoms with van der Waals surface area (Å²) in [7, 11) is -1.11. The van der Waals surface area contributed by atoms with Crippen molar-refractivity contribution in [2.75, 3.05) is 38.4 Å². The summed E-state index contributed by atoms with van der Waals surface area (Å²) < 4.78 is 11.8. The lowest BCUT2D eigenvalue weighted by Gasteiger charge is -2.35. The Morgan fingerprint density at radius 1 is 1.05 bits per heavy atom. The van der Waals surface area contributed by atoms with E-state index < -0.39 is 7.72 Å². The number of ether oxygens (including phenoxy) is 2. The number of piperidine rings is 1. The molecule has 1 aliphatic rings. The second-order valence-electron chi connectivity index (χ2n) is 12.0. The molecule has 1 heterocycles. The van der Waals surface area contributed by atoms with Gasteiger partial charge in [-0.1, -0.05) is 45.9 Å². The molecule has 0 saturated carbocycles. The molecular formula is C31H49NO4P+. The standard InChI is InChI=1S/C31H49NO4P/c1-7-29(37(6,33)34)21-25-10-8-12-28(20-25)36-23-24-15-18-32(19-16-24)30-22-27(35-5)14-13-26(30)11-9-17-31(2,3)4/h8,10,12-14,20,22,24,29,33-34H,7,9,11,15-19,21,23H2,1-6H3/q+1/t29-/m0/s1. The molecule has 2 N–H and O–H groups in total. The van der Waals surface area contributed by atoms with E-state index >= 15 is 0 Å². The van der Waals surface area contributed by atoms with Crippen LogP contribution in [0.1, 0.15) is 70.9 Å². The first-order chi connectivity index (χ1) is 17.5. The summed E-state index contributed by atoms with van der Waals surface area (Å²) in [6.07, 6.45) is 7.15. The Kier molecular flexibility index (Phi) is 10.7. The molecule has 3 rings (SSSR count). The summed E-state index contributed by atoms with van der Waals surface area (Å²) in [4.78, 5) is 22.8. The number of benzene rings is 2. The van der Waals surface area contributed by atoms with Crippen LogP contribution >= 0.6 is 7.72 Å². The van der Waals surface area contributed by atoms with Gasteiger partial charge in [-0.25, -0.2) is 9.79 Å². The number of hydrogen-bond acceptors (Lipinski definition) is 5. The van der Waals surface area contributed by atoms with E-state index in [1.54, 1.807) is 13.8 Å². The Morgan fingerprint density at radius 2 is 1.78 bits per heavy atom. The zero-order chi connectivity index (χ0) is 27.1. The highest BCUT2D eigenvalue weighted by Crippen LogP contribution is 2.53. The first-order valence-electron chi connectivity index (χ1n) is 13.9. The molecule has 5 nitrogen and oxygen atoms in total. The first-order valence-corrected chi connectivity index (χ1v) is 16.1. The van der Waals surface area contributed by atoms with E-state index in [9.17, 15) is 9.79 Å². The van der Waals surface area contributed by atoms with Crippen molar-refractivity contribution in [1.29, 1.82) is 0 Å². The Bertz CT molecular complexity index is 974. The highest BCUT2D eigenvalue weighted by Gasteiger charge is 2.36. The summed E-state index contributed by atoms with van der Waals surface area (Å²) in [5.74, 6) is 2.33. The van der Waals surface area contributed by atoms with Crippen LogP contribution in [0.4, 0.5) is 5.69 Å². The van der Waals surface area contributed by atoms with Gasteiger partial charge in [0.05, 0.1) is 13.7 Å². The smallest absolute Gasteiger partial charge is 0.268 e. The molecule has 0 amide bonds. The zero-order valence-corrected chi connectivity index (χ0v) is 24.8. The van der Waals surface area contributed by atoms with Gasteiger partial charge < -0.3 is 14.4 Å². The van der Waals surface area contributed by atoms with Gasteiger partial charge >= 0.3 is 0 Å². The van der Waals surface area contributed by atoms with Gasteiger partial charge in [-0.2, -0.15) is 0 Å². The summed E-state index contributed by atoms with van der Waals surface area (Å²) in [5, 5.41) is 0. The second-order valence-corrected chi connectivity index (χ2v) is 14.7. The number of aryl methyl sites for hydroxylation is 1. The van der Waals surface area contributed by atoms with Crippen molar-refractivity contribution in [3.05, 3.63) is 53.6 Å². The molecule has 0 aliphatic carbocycles. The van der Waals surface area contributed by atoms with Gasteiger partial charge in [0, 0.05) is 31.3 Å². The molecule has 0 aromatic heterocycles. The van der Waals surface area contributed by atoms with Crippen LogP contribution < -0.4 is 14.4 Å². The highest BCUT2D eigenvalue weighted by atomic mass is 31.2. The topological polar surface area (TPSA) is 62.2 Å². The first kappa shape index (κ1) is 29.7. The van der Waals surface area contributed by atoms with E-state index in [0.717, 1.165) is 62.4 Å². The minimum Gasteiger partial charge on any atom is -0.497 e. The molecule has 1 saturated heterocycles. The van der Waals surface area contributed by atoms with Crippen molar-refractivity contribution < 1.29 is 19.3 Å². The fourth-order valence-electron chi connectivity index (χ4n) is 5.24. The van der Waals surface area contributed by atoms with Crippen LogP contribution in [0.25, 0.3) is 0 Å². The average Bonchev–Trinajstić information content (AvgIpc) is 2.85. The van der Waals surface area contributed by atoms with Gasteiger partial charge in [0.2, 0.25) is 0 Å². The molecule has 0 bridgehead atoms. The van der Waals surface area contributed by atoms with E-state index in [2.05, 4.69) is 56.0 Å². The fourth-order valence-corrected chi connectivity index (χ4v) is 6.49. The molecular weight excluding hydrogens is 481 g/mol. The average molecular weight is 531 g/mol. The van der Waals surface area contributed by atoms with Crippen LogP contribution in [0.2, 0.25) is 0 Å².